The van der Waals surface area contributed by atoms with E-state index in [0.29, 0.717) is 16.7 Å². The summed E-state index contributed by atoms with van der Waals surface area (Å²) in [4.78, 5) is 38.0. The molecule has 2 heterocycles. The van der Waals surface area contributed by atoms with Crippen LogP contribution in [0.5, 0.6) is 0 Å². The van der Waals surface area contributed by atoms with Crippen LogP contribution in [0.4, 0.5) is 16.2 Å². The summed E-state index contributed by atoms with van der Waals surface area (Å²) in [6.45, 7) is 2.03. The number of Topliss-reactive ketones (excluding diaryl/α,β-unsaturated/α-hetero) is 1. The van der Waals surface area contributed by atoms with Crippen LogP contribution in [-0.4, -0.2) is 29.8 Å². The van der Waals surface area contributed by atoms with Crippen molar-refractivity contribution in [3.05, 3.63) is 81.5 Å². The number of carbonyl (C=O) groups excluding carboxylic acids is 2. The molecule has 8 heteroatoms. The highest BCUT2D eigenvalue weighted by Gasteiger charge is 2.29. The van der Waals surface area contributed by atoms with Gasteiger partial charge in [-0.2, -0.15) is 0 Å². The minimum atomic E-state index is -0.770. The van der Waals surface area contributed by atoms with Crippen molar-refractivity contribution in [3.8, 4) is 0 Å². The highest BCUT2D eigenvalue weighted by molar-refractivity contribution is 6.10. The van der Waals surface area contributed by atoms with Crippen LogP contribution in [0.15, 0.2) is 60.3 Å². The second-order valence-corrected chi connectivity index (χ2v) is 7.43. The zero-order chi connectivity index (χ0) is 21.1. The van der Waals surface area contributed by atoms with E-state index in [-0.39, 0.29) is 11.5 Å². The third-order valence-corrected chi connectivity index (χ3v) is 5.47. The lowest BCUT2D eigenvalue weighted by Gasteiger charge is -2.29. The maximum atomic E-state index is 13.2. The van der Waals surface area contributed by atoms with Gasteiger partial charge in [0.05, 0.1) is 11.0 Å². The van der Waals surface area contributed by atoms with Crippen molar-refractivity contribution >= 4 is 23.2 Å². The molecule has 2 aromatic rings. The van der Waals surface area contributed by atoms with Gasteiger partial charge in [-0.1, -0.05) is 12.1 Å². The Hall–Kier alpha value is -3.68. The normalized spacial score (nSPS) is 18.8. The van der Waals surface area contributed by atoms with Crippen molar-refractivity contribution < 1.29 is 14.5 Å². The zero-order valence-electron chi connectivity index (χ0n) is 16.3. The van der Waals surface area contributed by atoms with Gasteiger partial charge >= 0.3 is 6.03 Å². The number of nitro benzene ring substituents is 1. The van der Waals surface area contributed by atoms with Crippen molar-refractivity contribution in [1.29, 1.82) is 0 Å². The summed E-state index contributed by atoms with van der Waals surface area (Å²) < 4.78 is 0. The van der Waals surface area contributed by atoms with E-state index >= 15 is 0 Å². The molecule has 0 radical (unpaired) electrons. The summed E-state index contributed by atoms with van der Waals surface area (Å²) >= 11 is 0. The molecule has 1 unspecified atom stereocenters. The van der Waals surface area contributed by atoms with E-state index < -0.39 is 17.0 Å². The fourth-order valence-electron chi connectivity index (χ4n) is 3.90. The fourth-order valence-corrected chi connectivity index (χ4v) is 3.90. The first-order valence-corrected chi connectivity index (χ1v) is 9.94. The lowest BCUT2D eigenvalue weighted by Crippen LogP contribution is -2.42. The Morgan fingerprint density at radius 1 is 1.07 bits per heavy atom. The van der Waals surface area contributed by atoms with E-state index in [1.165, 1.54) is 43.7 Å². The standard InChI is InChI=1S/C22H22N4O4/c27-21(15-7-9-17(10-8-15)25-11-2-1-3-12-25)19-14-23-22(28)24-20(19)16-5-4-6-18(13-16)26(29)30/h4-10,13-14,20H,1-3,11-12H2,(H2,23,24,28). The van der Waals surface area contributed by atoms with E-state index in [2.05, 4.69) is 15.5 Å². The van der Waals surface area contributed by atoms with Gasteiger partial charge in [0, 0.05) is 48.2 Å². The molecule has 1 atom stereocenters. The highest BCUT2D eigenvalue weighted by atomic mass is 16.6. The van der Waals surface area contributed by atoms with E-state index in [4.69, 9.17) is 0 Å². The first-order chi connectivity index (χ1) is 14.5. The largest absolute Gasteiger partial charge is 0.372 e. The van der Waals surface area contributed by atoms with Crippen LogP contribution in [0.3, 0.4) is 0 Å². The summed E-state index contributed by atoms with van der Waals surface area (Å²) in [7, 11) is 0. The predicted molar refractivity (Wildman–Crippen MR) is 112 cm³/mol. The number of carbonyl (C=O) groups is 2. The van der Waals surface area contributed by atoms with Gasteiger partial charge in [-0.3, -0.25) is 14.9 Å². The number of non-ortho nitro benzene ring substituents is 1. The molecule has 0 aromatic heterocycles. The Morgan fingerprint density at radius 2 is 1.80 bits per heavy atom. The molecule has 2 aromatic carbocycles. The lowest BCUT2D eigenvalue weighted by molar-refractivity contribution is -0.384. The molecule has 0 spiro atoms. The molecule has 2 aliphatic heterocycles. The summed E-state index contributed by atoms with van der Waals surface area (Å²) in [5.41, 5.74) is 2.28. The second kappa shape index (κ2) is 8.36. The molecule has 2 aliphatic rings. The number of nitrogens with one attached hydrogen (secondary N) is 2. The topological polar surface area (TPSA) is 105 Å². The SMILES string of the molecule is O=C1NC=C(C(=O)c2ccc(N3CCCCC3)cc2)C(c2cccc([N+](=O)[O-])c2)N1. The summed E-state index contributed by atoms with van der Waals surface area (Å²) in [6.07, 6.45) is 4.97. The number of ketones is 1. The van der Waals surface area contributed by atoms with Crippen molar-refractivity contribution in [2.24, 2.45) is 0 Å². The lowest BCUT2D eigenvalue weighted by atomic mass is 9.91. The van der Waals surface area contributed by atoms with Crippen LogP contribution in [0.25, 0.3) is 0 Å². The number of hydrogen-bond acceptors (Lipinski definition) is 5. The maximum absolute atomic E-state index is 13.2. The third-order valence-electron chi connectivity index (χ3n) is 5.47. The first-order valence-electron chi connectivity index (χ1n) is 9.94. The van der Waals surface area contributed by atoms with E-state index in [1.807, 2.05) is 12.1 Å². The van der Waals surface area contributed by atoms with E-state index in [0.717, 1.165) is 18.8 Å². The molecule has 30 heavy (non-hydrogen) atoms. The summed E-state index contributed by atoms with van der Waals surface area (Å²) in [5.74, 6) is -0.246. The number of nitro groups is 1. The van der Waals surface area contributed by atoms with Crippen molar-refractivity contribution in [2.75, 3.05) is 18.0 Å². The first kappa shape index (κ1) is 19.6. The van der Waals surface area contributed by atoms with Crippen molar-refractivity contribution in [1.82, 2.24) is 10.6 Å². The number of amides is 2. The van der Waals surface area contributed by atoms with Gasteiger partial charge in [0.1, 0.15) is 0 Å². The molecular weight excluding hydrogens is 384 g/mol. The maximum Gasteiger partial charge on any atom is 0.319 e. The second-order valence-electron chi connectivity index (χ2n) is 7.43. The van der Waals surface area contributed by atoms with Gasteiger partial charge in [-0.25, -0.2) is 4.79 Å². The molecule has 154 valence electrons. The van der Waals surface area contributed by atoms with Crippen LogP contribution in [0.1, 0.15) is 41.2 Å². The molecule has 0 saturated carbocycles. The minimum Gasteiger partial charge on any atom is -0.372 e. The number of urea groups is 1. The predicted octanol–water partition coefficient (Wildman–Crippen LogP) is 3.71. The molecule has 1 saturated heterocycles. The van der Waals surface area contributed by atoms with Crippen molar-refractivity contribution in [3.63, 3.8) is 0 Å². The average molecular weight is 406 g/mol. The Morgan fingerprint density at radius 3 is 2.50 bits per heavy atom. The highest BCUT2D eigenvalue weighted by Crippen LogP contribution is 2.29. The van der Waals surface area contributed by atoms with Gasteiger partial charge in [-0.15, -0.1) is 0 Å². The van der Waals surface area contributed by atoms with Crippen LogP contribution in [0.2, 0.25) is 0 Å². The molecule has 1 fully saturated rings. The van der Waals surface area contributed by atoms with Gasteiger partial charge in [-0.05, 0) is 49.1 Å². The summed E-state index contributed by atoms with van der Waals surface area (Å²) in [6, 6.07) is 12.2. The van der Waals surface area contributed by atoms with Gasteiger partial charge < -0.3 is 15.5 Å². The zero-order valence-corrected chi connectivity index (χ0v) is 16.3. The smallest absolute Gasteiger partial charge is 0.319 e. The van der Waals surface area contributed by atoms with Crippen LogP contribution in [0, 0.1) is 10.1 Å². The van der Waals surface area contributed by atoms with Gasteiger partial charge in [0.2, 0.25) is 0 Å². The van der Waals surface area contributed by atoms with Crippen LogP contribution >= 0.6 is 0 Å². The molecular formula is C22H22N4O4. The Kier molecular flexibility index (Phi) is 5.47. The van der Waals surface area contributed by atoms with Crippen LogP contribution < -0.4 is 15.5 Å². The number of hydrogen-bond donors (Lipinski definition) is 2. The summed E-state index contributed by atoms with van der Waals surface area (Å²) in [5, 5.41) is 16.3. The molecule has 8 nitrogen and oxygen atoms in total. The number of anilines is 1. The average Bonchev–Trinajstić information content (AvgIpc) is 2.79. The Balaban J connectivity index is 1.60. The molecule has 0 bridgehead atoms. The van der Waals surface area contributed by atoms with Gasteiger partial charge in [0.15, 0.2) is 5.78 Å². The fraction of sp³-hybridized carbons (Fsp3) is 0.273. The Labute approximate surface area is 173 Å². The van der Waals surface area contributed by atoms with Crippen LogP contribution in [-0.2, 0) is 0 Å². The van der Waals surface area contributed by atoms with E-state index in [9.17, 15) is 19.7 Å². The number of rotatable bonds is 5. The number of piperidine rings is 1. The van der Waals surface area contributed by atoms with E-state index in [1.54, 1.807) is 18.2 Å². The number of nitrogens with zero attached hydrogens (tertiary/aromatic N) is 2. The third kappa shape index (κ3) is 4.03. The molecule has 2 amide bonds. The quantitative estimate of drug-likeness (QED) is 0.447. The minimum absolute atomic E-state index is 0.0991. The molecule has 2 N–H and O–H groups in total. The molecule has 0 aliphatic carbocycles. The monoisotopic (exact) mass is 406 g/mol. The Bertz CT molecular complexity index is 1010. The molecule has 4 rings (SSSR count). The number of benzene rings is 2. The van der Waals surface area contributed by atoms with Crippen molar-refractivity contribution in [2.45, 2.75) is 25.3 Å². The van der Waals surface area contributed by atoms with Gasteiger partial charge in [0.25, 0.3) is 5.69 Å².